The van der Waals surface area contributed by atoms with Crippen molar-refractivity contribution in [3.8, 4) is 0 Å². The number of aryl methyl sites for hydroxylation is 1. The number of anilines is 2. The van der Waals surface area contributed by atoms with E-state index in [1.807, 2.05) is 10.6 Å². The SMILES string of the molecule is C=C1CCc2ccc(F)cc2C(=C)N2CCCCC2c2cc3nc(N4CCC4)c(C)c(n3n2)N(C)CCN1. The molecule has 1 aromatic carbocycles. The average molecular weight is 516 g/mol. The van der Waals surface area contributed by atoms with Crippen LogP contribution in [0.5, 0.6) is 0 Å². The zero-order valence-electron chi connectivity index (χ0n) is 22.6. The molecular weight excluding hydrogens is 477 g/mol. The van der Waals surface area contributed by atoms with Gasteiger partial charge in [0.25, 0.3) is 0 Å². The van der Waals surface area contributed by atoms with Gasteiger partial charge in [-0.05, 0) is 63.1 Å². The van der Waals surface area contributed by atoms with Crippen LogP contribution in [0.4, 0.5) is 16.0 Å². The number of hydrogen-bond acceptors (Lipinski definition) is 6. The molecule has 0 radical (unpaired) electrons. The van der Waals surface area contributed by atoms with Gasteiger partial charge in [-0.2, -0.15) is 9.61 Å². The molecule has 1 N–H and O–H groups in total. The van der Waals surface area contributed by atoms with E-state index in [1.54, 1.807) is 12.1 Å². The third-order valence-electron chi connectivity index (χ3n) is 8.41. The van der Waals surface area contributed by atoms with Crippen LogP contribution < -0.4 is 15.1 Å². The Labute approximate surface area is 224 Å². The fraction of sp³-hybridized carbons (Fsp3) is 0.467. The average Bonchev–Trinajstić information content (AvgIpc) is 3.29. The van der Waals surface area contributed by atoms with E-state index in [0.29, 0.717) is 0 Å². The fourth-order valence-corrected chi connectivity index (χ4v) is 6.15. The summed E-state index contributed by atoms with van der Waals surface area (Å²) in [6, 6.07) is 7.33. The van der Waals surface area contributed by atoms with Gasteiger partial charge in [-0.15, -0.1) is 0 Å². The fourth-order valence-electron chi connectivity index (χ4n) is 6.15. The van der Waals surface area contributed by atoms with Gasteiger partial charge in [-0.25, -0.2) is 9.37 Å². The zero-order valence-corrected chi connectivity index (χ0v) is 22.6. The maximum absolute atomic E-state index is 14.5. The van der Waals surface area contributed by atoms with Crippen LogP contribution in [0, 0.1) is 12.7 Å². The van der Waals surface area contributed by atoms with Gasteiger partial charge in [0.05, 0.1) is 11.7 Å². The van der Waals surface area contributed by atoms with Crippen LogP contribution in [-0.2, 0) is 6.42 Å². The molecule has 1 unspecified atom stereocenters. The molecule has 0 saturated carbocycles. The number of allylic oxidation sites excluding steroid dienone is 1. The number of rotatable bonds is 1. The van der Waals surface area contributed by atoms with E-state index in [2.05, 4.69) is 53.2 Å². The summed E-state index contributed by atoms with van der Waals surface area (Å²) in [5.74, 6) is 1.90. The minimum Gasteiger partial charge on any atom is -0.387 e. The molecule has 2 saturated heterocycles. The number of fused-ring (bicyclic) bond motifs is 4. The first-order valence-electron chi connectivity index (χ1n) is 13.9. The Hall–Kier alpha value is -3.55. The summed E-state index contributed by atoms with van der Waals surface area (Å²) in [5.41, 5.74) is 6.87. The van der Waals surface area contributed by atoms with Gasteiger partial charge in [-0.3, -0.25) is 0 Å². The van der Waals surface area contributed by atoms with E-state index in [9.17, 15) is 4.39 Å². The van der Waals surface area contributed by atoms with Crippen molar-refractivity contribution in [2.24, 2.45) is 0 Å². The van der Waals surface area contributed by atoms with Crippen LogP contribution >= 0.6 is 0 Å². The van der Waals surface area contributed by atoms with E-state index < -0.39 is 0 Å². The summed E-state index contributed by atoms with van der Waals surface area (Å²) in [6.45, 7) is 15.5. The minimum absolute atomic E-state index is 0.0736. The Morgan fingerprint density at radius 3 is 2.66 bits per heavy atom. The first kappa shape index (κ1) is 24.8. The monoisotopic (exact) mass is 515 g/mol. The zero-order chi connectivity index (χ0) is 26.4. The molecular formula is C30H38FN7. The van der Waals surface area contributed by atoms with Gasteiger partial charge in [0.1, 0.15) is 17.5 Å². The van der Waals surface area contributed by atoms with E-state index in [4.69, 9.17) is 10.1 Å². The molecule has 2 fully saturated rings. The van der Waals surface area contributed by atoms with Crippen molar-refractivity contribution in [2.75, 3.05) is 49.6 Å². The van der Waals surface area contributed by atoms with E-state index in [-0.39, 0.29) is 11.9 Å². The van der Waals surface area contributed by atoms with Gasteiger partial charge >= 0.3 is 0 Å². The lowest BCUT2D eigenvalue weighted by Crippen LogP contribution is -2.39. The molecule has 2 aromatic heterocycles. The second-order valence-corrected chi connectivity index (χ2v) is 11.0. The molecule has 38 heavy (non-hydrogen) atoms. The third-order valence-corrected chi connectivity index (χ3v) is 8.41. The highest BCUT2D eigenvalue weighted by molar-refractivity contribution is 5.68. The second-order valence-electron chi connectivity index (χ2n) is 11.0. The predicted molar refractivity (Wildman–Crippen MR) is 152 cm³/mol. The molecule has 200 valence electrons. The molecule has 2 bridgehead atoms. The standard InChI is InChI=1S/C30H38FN7/c1-20-9-10-23-11-12-24(31)18-25(23)22(3)37-16-6-5-8-27(37)26-19-28-33-29(36-14-7-15-36)21(2)30(38(28)34-26)35(4)17-13-32-20/h11-12,18-19,27,32H,1,3,5-10,13-17H2,2,4H3. The largest absolute Gasteiger partial charge is 0.387 e. The van der Waals surface area contributed by atoms with Crippen molar-refractivity contribution in [1.29, 1.82) is 0 Å². The van der Waals surface area contributed by atoms with Crippen LogP contribution in [0.25, 0.3) is 11.3 Å². The topological polar surface area (TPSA) is 51.9 Å². The highest BCUT2D eigenvalue weighted by Gasteiger charge is 2.31. The Morgan fingerprint density at radius 2 is 1.87 bits per heavy atom. The van der Waals surface area contributed by atoms with Crippen molar-refractivity contribution in [1.82, 2.24) is 24.8 Å². The van der Waals surface area contributed by atoms with Crippen molar-refractivity contribution < 1.29 is 4.39 Å². The molecule has 5 heterocycles. The number of nitrogens with zero attached hydrogens (tertiary/aromatic N) is 6. The molecule has 3 aliphatic rings. The molecule has 0 amide bonds. The van der Waals surface area contributed by atoms with Crippen LogP contribution in [0.15, 0.2) is 43.1 Å². The minimum atomic E-state index is -0.233. The maximum Gasteiger partial charge on any atom is 0.160 e. The van der Waals surface area contributed by atoms with Gasteiger partial charge < -0.3 is 20.0 Å². The lowest BCUT2D eigenvalue weighted by Gasteiger charge is -2.38. The molecule has 0 aliphatic carbocycles. The number of benzene rings is 1. The highest BCUT2D eigenvalue weighted by atomic mass is 19.1. The summed E-state index contributed by atoms with van der Waals surface area (Å²) < 4.78 is 16.5. The highest BCUT2D eigenvalue weighted by Crippen LogP contribution is 2.39. The molecule has 7 nitrogen and oxygen atoms in total. The molecule has 0 spiro atoms. The number of nitrogens with one attached hydrogen (secondary N) is 1. The lowest BCUT2D eigenvalue weighted by molar-refractivity contribution is 0.226. The number of likely N-dealkylation sites (N-methyl/N-ethyl adjacent to an activating group) is 1. The molecule has 1 atom stereocenters. The number of aromatic nitrogens is 3. The Kier molecular flexibility index (Phi) is 6.50. The summed E-state index contributed by atoms with van der Waals surface area (Å²) in [5, 5.41) is 8.69. The van der Waals surface area contributed by atoms with Crippen LogP contribution in [0.1, 0.15) is 60.5 Å². The normalized spacial score (nSPS) is 20.8. The van der Waals surface area contributed by atoms with Crippen LogP contribution in [0.2, 0.25) is 0 Å². The van der Waals surface area contributed by atoms with E-state index in [0.717, 1.165) is 116 Å². The number of piperidine rings is 1. The lowest BCUT2D eigenvalue weighted by atomic mass is 9.94. The smallest absolute Gasteiger partial charge is 0.160 e. The molecule has 6 rings (SSSR count). The van der Waals surface area contributed by atoms with Crippen LogP contribution in [-0.4, -0.2) is 59.3 Å². The Bertz CT molecular complexity index is 1390. The molecule has 8 heteroatoms. The summed E-state index contributed by atoms with van der Waals surface area (Å²) in [6.07, 6.45) is 5.97. The maximum atomic E-state index is 14.5. The van der Waals surface area contributed by atoms with Gasteiger partial charge in [0.2, 0.25) is 0 Å². The van der Waals surface area contributed by atoms with Gasteiger partial charge in [0.15, 0.2) is 5.65 Å². The third kappa shape index (κ3) is 4.40. The van der Waals surface area contributed by atoms with E-state index >= 15 is 0 Å². The van der Waals surface area contributed by atoms with Crippen molar-refractivity contribution in [3.63, 3.8) is 0 Å². The van der Waals surface area contributed by atoms with Crippen molar-refractivity contribution in [2.45, 2.75) is 51.5 Å². The number of halogens is 1. The Morgan fingerprint density at radius 1 is 1.03 bits per heavy atom. The van der Waals surface area contributed by atoms with Crippen molar-refractivity contribution in [3.05, 3.63) is 71.3 Å². The second kappa shape index (κ2) is 9.97. The quantitative estimate of drug-likeness (QED) is 0.488. The summed E-state index contributed by atoms with van der Waals surface area (Å²) in [4.78, 5) is 12.1. The van der Waals surface area contributed by atoms with Gasteiger partial charge in [0, 0.05) is 68.4 Å². The molecule has 3 aromatic rings. The predicted octanol–water partition coefficient (Wildman–Crippen LogP) is 5.07. The number of hydrogen-bond donors (Lipinski definition) is 1. The summed E-state index contributed by atoms with van der Waals surface area (Å²) in [7, 11) is 2.14. The molecule has 3 aliphatic heterocycles. The first-order chi connectivity index (χ1) is 18.4. The van der Waals surface area contributed by atoms with E-state index in [1.165, 1.54) is 6.42 Å². The Balaban J connectivity index is 1.49. The van der Waals surface area contributed by atoms with Gasteiger partial charge in [-0.1, -0.05) is 19.2 Å². The van der Waals surface area contributed by atoms with Crippen molar-refractivity contribution >= 4 is 23.0 Å². The first-order valence-corrected chi connectivity index (χ1v) is 13.9. The van der Waals surface area contributed by atoms with Crippen LogP contribution in [0.3, 0.4) is 0 Å². The summed E-state index contributed by atoms with van der Waals surface area (Å²) >= 11 is 0.